The fourth-order valence-electron chi connectivity index (χ4n) is 1.58. The molecule has 0 aromatic heterocycles. The number of phenols is 1. The van der Waals surface area contributed by atoms with E-state index in [9.17, 15) is 4.79 Å². The summed E-state index contributed by atoms with van der Waals surface area (Å²) < 4.78 is 5.50. The van der Waals surface area contributed by atoms with Crippen molar-refractivity contribution in [3.05, 3.63) is 29.8 Å². The van der Waals surface area contributed by atoms with Crippen molar-refractivity contribution in [2.75, 3.05) is 0 Å². The molecule has 2 N–H and O–H groups in total. The molecule has 0 bridgehead atoms. The number of ether oxygens (including phenoxy) is 1. The van der Waals surface area contributed by atoms with E-state index in [0.29, 0.717) is 6.42 Å². The van der Waals surface area contributed by atoms with Crippen LogP contribution in [0.5, 0.6) is 5.75 Å². The lowest BCUT2D eigenvalue weighted by Crippen LogP contribution is -2.25. The molecule has 1 rings (SSSR count). The maximum absolute atomic E-state index is 10.9. The van der Waals surface area contributed by atoms with E-state index in [-0.39, 0.29) is 11.9 Å². The summed E-state index contributed by atoms with van der Waals surface area (Å²) in [4.78, 5) is 10.9. The number of hydrogen-bond donors (Lipinski definition) is 2. The lowest BCUT2D eigenvalue weighted by atomic mass is 10.1. The molecule has 4 nitrogen and oxygen atoms in total. The molecule has 0 spiro atoms. The fourth-order valence-corrected chi connectivity index (χ4v) is 1.58. The number of hydrogen-bond acceptors (Lipinski definition) is 3. The number of aliphatic carboxylic acids is 1. The summed E-state index contributed by atoms with van der Waals surface area (Å²) in [7, 11) is 0. The molecule has 17 heavy (non-hydrogen) atoms. The van der Waals surface area contributed by atoms with Crippen LogP contribution in [0.4, 0.5) is 0 Å². The van der Waals surface area contributed by atoms with E-state index in [4.69, 9.17) is 14.9 Å². The van der Waals surface area contributed by atoms with Gasteiger partial charge in [-0.1, -0.05) is 25.5 Å². The van der Waals surface area contributed by atoms with Crippen LogP contribution in [0.1, 0.15) is 38.4 Å². The average molecular weight is 238 g/mol. The molecule has 0 radical (unpaired) electrons. The first kappa shape index (κ1) is 13.5. The zero-order valence-corrected chi connectivity index (χ0v) is 10.1. The SMILES string of the molecule is CCC[C@H](O[C@@H](C)c1ccc(O)cc1)C(=O)O. The Bertz CT molecular complexity index is 358. The molecule has 2 atom stereocenters. The van der Waals surface area contributed by atoms with E-state index >= 15 is 0 Å². The van der Waals surface area contributed by atoms with Gasteiger partial charge in [-0.2, -0.15) is 0 Å². The molecule has 0 heterocycles. The molecule has 0 unspecified atom stereocenters. The molecular formula is C13H18O4. The first-order valence-electron chi connectivity index (χ1n) is 5.71. The number of rotatable bonds is 6. The minimum atomic E-state index is -0.933. The maximum atomic E-state index is 10.9. The van der Waals surface area contributed by atoms with Gasteiger partial charge in [-0.3, -0.25) is 0 Å². The van der Waals surface area contributed by atoms with E-state index in [1.165, 1.54) is 0 Å². The molecule has 0 saturated carbocycles. The Morgan fingerprint density at radius 1 is 1.35 bits per heavy atom. The Balaban J connectivity index is 2.66. The molecule has 1 aromatic rings. The van der Waals surface area contributed by atoms with Gasteiger partial charge in [0.15, 0.2) is 6.10 Å². The highest BCUT2D eigenvalue weighted by molar-refractivity contribution is 5.72. The van der Waals surface area contributed by atoms with Crippen molar-refractivity contribution in [2.24, 2.45) is 0 Å². The highest BCUT2D eigenvalue weighted by Crippen LogP contribution is 2.22. The van der Waals surface area contributed by atoms with Gasteiger partial charge >= 0.3 is 5.97 Å². The van der Waals surface area contributed by atoms with Crippen LogP contribution in [0.15, 0.2) is 24.3 Å². The van der Waals surface area contributed by atoms with Crippen LogP contribution in [-0.2, 0) is 9.53 Å². The Hall–Kier alpha value is -1.55. The second-order valence-electron chi connectivity index (χ2n) is 3.99. The van der Waals surface area contributed by atoms with Crippen LogP contribution < -0.4 is 0 Å². The minimum absolute atomic E-state index is 0.185. The van der Waals surface area contributed by atoms with Crippen LogP contribution in [0.3, 0.4) is 0 Å². The van der Waals surface area contributed by atoms with Gasteiger partial charge in [-0.05, 0) is 31.0 Å². The first-order valence-corrected chi connectivity index (χ1v) is 5.71. The second kappa shape index (κ2) is 6.25. The van der Waals surface area contributed by atoms with Crippen molar-refractivity contribution in [3.8, 4) is 5.75 Å². The van der Waals surface area contributed by atoms with Gasteiger partial charge < -0.3 is 14.9 Å². The highest BCUT2D eigenvalue weighted by atomic mass is 16.5. The summed E-state index contributed by atoms with van der Waals surface area (Å²) in [5.41, 5.74) is 0.852. The van der Waals surface area contributed by atoms with E-state index < -0.39 is 12.1 Å². The molecule has 4 heteroatoms. The van der Waals surface area contributed by atoms with Crippen molar-refractivity contribution >= 4 is 5.97 Å². The first-order chi connectivity index (χ1) is 8.04. The smallest absolute Gasteiger partial charge is 0.332 e. The van der Waals surface area contributed by atoms with Crippen molar-refractivity contribution in [2.45, 2.75) is 38.9 Å². The third-order valence-corrected chi connectivity index (χ3v) is 2.56. The second-order valence-corrected chi connectivity index (χ2v) is 3.99. The lowest BCUT2D eigenvalue weighted by Gasteiger charge is -2.19. The van der Waals surface area contributed by atoms with Gasteiger partial charge in [0.05, 0.1) is 6.10 Å². The van der Waals surface area contributed by atoms with Crippen LogP contribution >= 0.6 is 0 Å². The van der Waals surface area contributed by atoms with Crippen LogP contribution in [0, 0.1) is 0 Å². The number of carboxylic acid groups (broad SMARTS) is 1. The van der Waals surface area contributed by atoms with E-state index in [2.05, 4.69) is 0 Å². The fraction of sp³-hybridized carbons (Fsp3) is 0.462. The van der Waals surface area contributed by atoms with Crippen molar-refractivity contribution in [1.82, 2.24) is 0 Å². The van der Waals surface area contributed by atoms with Crippen LogP contribution in [-0.4, -0.2) is 22.3 Å². The van der Waals surface area contributed by atoms with E-state index in [1.807, 2.05) is 6.92 Å². The number of carboxylic acids is 1. The summed E-state index contributed by atoms with van der Waals surface area (Å²) >= 11 is 0. The summed E-state index contributed by atoms with van der Waals surface area (Å²) in [5, 5.41) is 18.1. The van der Waals surface area contributed by atoms with Gasteiger partial charge in [-0.15, -0.1) is 0 Å². The lowest BCUT2D eigenvalue weighted by molar-refractivity contribution is -0.154. The minimum Gasteiger partial charge on any atom is -0.508 e. The van der Waals surface area contributed by atoms with E-state index in [0.717, 1.165) is 12.0 Å². The predicted octanol–water partition coefficient (Wildman–Crippen LogP) is 2.72. The standard InChI is InChI=1S/C13H18O4/c1-3-4-12(13(15)16)17-9(2)10-5-7-11(14)8-6-10/h5-9,12,14H,3-4H2,1-2H3,(H,15,16)/t9-,12-/m0/s1. The van der Waals surface area contributed by atoms with Gasteiger partial charge in [-0.25, -0.2) is 4.79 Å². The van der Waals surface area contributed by atoms with E-state index in [1.54, 1.807) is 31.2 Å². The number of phenolic OH excluding ortho intramolecular Hbond substituents is 1. The third-order valence-electron chi connectivity index (χ3n) is 2.56. The molecule has 0 saturated heterocycles. The van der Waals surface area contributed by atoms with Crippen LogP contribution in [0.25, 0.3) is 0 Å². The zero-order valence-electron chi connectivity index (χ0n) is 10.1. The van der Waals surface area contributed by atoms with Gasteiger partial charge in [0.25, 0.3) is 0 Å². The Kier molecular flexibility index (Phi) is 4.97. The monoisotopic (exact) mass is 238 g/mol. The van der Waals surface area contributed by atoms with Crippen molar-refractivity contribution in [3.63, 3.8) is 0 Å². The zero-order chi connectivity index (χ0) is 12.8. The van der Waals surface area contributed by atoms with Gasteiger partial charge in [0.1, 0.15) is 5.75 Å². The Labute approximate surface area is 101 Å². The molecule has 0 aliphatic heterocycles. The summed E-state index contributed by atoms with van der Waals surface area (Å²) in [5.74, 6) is -0.748. The number of carbonyl (C=O) groups is 1. The molecule has 94 valence electrons. The summed E-state index contributed by atoms with van der Waals surface area (Å²) in [6, 6.07) is 6.57. The molecule has 0 aliphatic rings. The van der Waals surface area contributed by atoms with Crippen LogP contribution in [0.2, 0.25) is 0 Å². The Morgan fingerprint density at radius 2 is 1.94 bits per heavy atom. The Morgan fingerprint density at radius 3 is 2.41 bits per heavy atom. The summed E-state index contributed by atoms with van der Waals surface area (Å²) in [6.45, 7) is 3.72. The van der Waals surface area contributed by atoms with Crippen molar-refractivity contribution < 1.29 is 19.7 Å². The average Bonchev–Trinajstić information content (AvgIpc) is 2.29. The van der Waals surface area contributed by atoms with Gasteiger partial charge in [0.2, 0.25) is 0 Å². The maximum Gasteiger partial charge on any atom is 0.332 e. The molecule has 0 fully saturated rings. The van der Waals surface area contributed by atoms with Crippen molar-refractivity contribution in [1.29, 1.82) is 0 Å². The summed E-state index contributed by atoms with van der Waals surface area (Å²) in [6.07, 6.45) is 0.184. The third kappa shape index (κ3) is 4.07. The highest BCUT2D eigenvalue weighted by Gasteiger charge is 2.20. The quantitative estimate of drug-likeness (QED) is 0.799. The number of benzene rings is 1. The molecular weight excluding hydrogens is 220 g/mol. The topological polar surface area (TPSA) is 66.8 Å². The van der Waals surface area contributed by atoms with Gasteiger partial charge in [0, 0.05) is 0 Å². The largest absolute Gasteiger partial charge is 0.508 e. The molecule has 0 aliphatic carbocycles. The number of aromatic hydroxyl groups is 1. The normalized spacial score (nSPS) is 14.2. The predicted molar refractivity (Wildman–Crippen MR) is 63.9 cm³/mol. The molecule has 0 amide bonds. The molecule has 1 aromatic carbocycles.